The van der Waals surface area contributed by atoms with Crippen LogP contribution in [0.4, 0.5) is 5.69 Å². The maximum absolute atomic E-state index is 12.3. The normalized spacial score (nSPS) is 10.5. The van der Waals surface area contributed by atoms with Gasteiger partial charge in [-0.1, -0.05) is 30.3 Å². The van der Waals surface area contributed by atoms with E-state index in [-0.39, 0.29) is 23.6 Å². The highest BCUT2D eigenvalue weighted by molar-refractivity contribution is 5.90. The fraction of sp³-hybridized carbons (Fsp3) is 0.111. The van der Waals surface area contributed by atoms with Crippen LogP contribution in [-0.4, -0.2) is 22.2 Å². The number of nitro benzene ring substituents is 1. The summed E-state index contributed by atoms with van der Waals surface area (Å²) < 4.78 is 11.2. The van der Waals surface area contributed by atoms with Crippen LogP contribution < -0.4 is 5.56 Å². The summed E-state index contributed by atoms with van der Waals surface area (Å²) in [7, 11) is 0. The molecule has 3 aromatic rings. The second kappa shape index (κ2) is 7.06. The molecule has 0 fully saturated rings. The van der Waals surface area contributed by atoms with Crippen molar-refractivity contribution in [1.82, 2.24) is 4.74 Å². The van der Waals surface area contributed by atoms with Gasteiger partial charge in [-0.2, -0.15) is 0 Å². The van der Waals surface area contributed by atoms with Crippen molar-refractivity contribution in [1.29, 1.82) is 0 Å². The summed E-state index contributed by atoms with van der Waals surface area (Å²) in [5.41, 5.74) is -0.392. The number of nitrogens with zero attached hydrogens (tertiary/aromatic N) is 2. The zero-order valence-electron chi connectivity index (χ0n) is 13.7. The molecular weight excluding hydrogens is 340 g/mol. The molecule has 0 N–H and O–H groups in total. The van der Waals surface area contributed by atoms with Crippen molar-refractivity contribution in [2.75, 3.05) is 6.61 Å². The molecule has 0 atom stereocenters. The Kier molecular flexibility index (Phi) is 4.66. The molecule has 8 nitrogen and oxygen atoms in total. The summed E-state index contributed by atoms with van der Waals surface area (Å²) >= 11 is 0. The lowest BCUT2D eigenvalue weighted by Crippen LogP contribution is -2.13. The molecule has 0 aliphatic carbocycles. The van der Waals surface area contributed by atoms with Gasteiger partial charge in [-0.3, -0.25) is 14.9 Å². The predicted molar refractivity (Wildman–Crippen MR) is 92.4 cm³/mol. The number of benzene rings is 2. The van der Waals surface area contributed by atoms with Gasteiger partial charge in [0.25, 0.3) is 11.2 Å². The fourth-order valence-corrected chi connectivity index (χ4v) is 2.43. The maximum atomic E-state index is 12.3. The van der Waals surface area contributed by atoms with Crippen molar-refractivity contribution >= 4 is 11.7 Å². The van der Waals surface area contributed by atoms with Crippen molar-refractivity contribution < 1.29 is 19.0 Å². The molecule has 8 heteroatoms. The second-order valence-corrected chi connectivity index (χ2v) is 5.28. The molecule has 26 heavy (non-hydrogen) atoms. The van der Waals surface area contributed by atoms with E-state index < -0.39 is 22.1 Å². The van der Waals surface area contributed by atoms with E-state index in [0.29, 0.717) is 5.56 Å². The van der Waals surface area contributed by atoms with Crippen molar-refractivity contribution in [2.24, 2.45) is 0 Å². The molecule has 0 radical (unpaired) electrons. The lowest BCUT2D eigenvalue weighted by Gasteiger charge is -2.05. The summed E-state index contributed by atoms with van der Waals surface area (Å²) in [4.78, 5) is 34.8. The monoisotopic (exact) mass is 354 g/mol. The number of carbonyl (C=O) groups excluding carboxylic acids is 1. The van der Waals surface area contributed by atoms with Crippen LogP contribution in [0.1, 0.15) is 17.3 Å². The molecule has 0 aliphatic heterocycles. The highest BCUT2D eigenvalue weighted by Gasteiger charge is 2.22. The van der Waals surface area contributed by atoms with Gasteiger partial charge in [0.2, 0.25) is 0 Å². The van der Waals surface area contributed by atoms with Gasteiger partial charge in [0.05, 0.1) is 23.2 Å². The highest BCUT2D eigenvalue weighted by atomic mass is 16.6. The molecule has 0 amide bonds. The van der Waals surface area contributed by atoms with E-state index in [9.17, 15) is 19.7 Å². The zero-order chi connectivity index (χ0) is 18.7. The number of rotatable bonds is 5. The van der Waals surface area contributed by atoms with Crippen LogP contribution in [-0.2, 0) is 4.74 Å². The molecule has 1 aromatic heterocycles. The molecule has 0 aliphatic rings. The first-order valence-corrected chi connectivity index (χ1v) is 7.76. The SMILES string of the molecule is CCOC(=O)c1ccc(-n2oc(-c3ccccc3)cc2=O)c([N+](=O)[O-])c1. The van der Waals surface area contributed by atoms with E-state index in [2.05, 4.69) is 0 Å². The molecule has 3 rings (SSSR count). The van der Waals surface area contributed by atoms with Crippen LogP contribution in [0.15, 0.2) is 63.9 Å². The largest absolute Gasteiger partial charge is 0.462 e. The Hall–Kier alpha value is -3.68. The molecule has 0 saturated carbocycles. The average molecular weight is 354 g/mol. The van der Waals surface area contributed by atoms with Crippen LogP contribution >= 0.6 is 0 Å². The Balaban J connectivity index is 2.09. The third-order valence-corrected chi connectivity index (χ3v) is 3.60. The average Bonchev–Trinajstić information content (AvgIpc) is 3.03. The number of carbonyl (C=O) groups is 1. The highest BCUT2D eigenvalue weighted by Crippen LogP contribution is 2.26. The first kappa shape index (κ1) is 17.2. The van der Waals surface area contributed by atoms with Gasteiger partial charge in [0.1, 0.15) is 0 Å². The molecule has 0 saturated heterocycles. The molecule has 2 aromatic carbocycles. The molecule has 0 bridgehead atoms. The topological polar surface area (TPSA) is 105 Å². The van der Waals surface area contributed by atoms with Crippen LogP contribution in [0, 0.1) is 10.1 Å². The predicted octanol–water partition coefficient (Wildman–Crippen LogP) is 3.18. The Bertz CT molecular complexity index is 1020. The van der Waals surface area contributed by atoms with Gasteiger partial charge in [-0.15, -0.1) is 4.74 Å². The van der Waals surface area contributed by atoms with Gasteiger partial charge in [0, 0.05) is 11.6 Å². The lowest BCUT2D eigenvalue weighted by atomic mass is 10.1. The molecule has 1 heterocycles. The van der Waals surface area contributed by atoms with E-state index in [0.717, 1.165) is 10.8 Å². The van der Waals surface area contributed by atoms with E-state index in [1.54, 1.807) is 31.2 Å². The van der Waals surface area contributed by atoms with E-state index >= 15 is 0 Å². The van der Waals surface area contributed by atoms with Gasteiger partial charge in [-0.25, -0.2) is 4.79 Å². The number of aromatic nitrogens is 1. The molecule has 0 spiro atoms. The Morgan fingerprint density at radius 2 is 1.92 bits per heavy atom. The van der Waals surface area contributed by atoms with Gasteiger partial charge in [-0.05, 0) is 19.1 Å². The first-order valence-electron chi connectivity index (χ1n) is 7.76. The number of esters is 1. The van der Waals surface area contributed by atoms with Crippen LogP contribution in [0.5, 0.6) is 0 Å². The number of hydrogen-bond donors (Lipinski definition) is 0. The Morgan fingerprint density at radius 3 is 2.58 bits per heavy atom. The lowest BCUT2D eigenvalue weighted by molar-refractivity contribution is -0.384. The summed E-state index contributed by atoms with van der Waals surface area (Å²) in [6.45, 7) is 1.78. The zero-order valence-corrected chi connectivity index (χ0v) is 13.7. The van der Waals surface area contributed by atoms with Crippen LogP contribution in [0.2, 0.25) is 0 Å². The number of nitro groups is 1. The van der Waals surface area contributed by atoms with Crippen LogP contribution in [0.25, 0.3) is 17.0 Å². The van der Waals surface area contributed by atoms with Gasteiger partial charge >= 0.3 is 5.97 Å². The fourth-order valence-electron chi connectivity index (χ4n) is 2.43. The van der Waals surface area contributed by atoms with E-state index in [4.69, 9.17) is 9.26 Å². The van der Waals surface area contributed by atoms with Gasteiger partial charge < -0.3 is 9.26 Å². The third kappa shape index (κ3) is 3.25. The minimum atomic E-state index is -0.685. The summed E-state index contributed by atoms with van der Waals surface area (Å²) in [5.74, 6) is -0.404. The third-order valence-electron chi connectivity index (χ3n) is 3.60. The van der Waals surface area contributed by atoms with Crippen molar-refractivity contribution in [2.45, 2.75) is 6.92 Å². The van der Waals surface area contributed by atoms with E-state index in [1.165, 1.54) is 18.2 Å². The smallest absolute Gasteiger partial charge is 0.338 e. The Morgan fingerprint density at radius 1 is 1.19 bits per heavy atom. The first-order chi connectivity index (χ1) is 12.5. The maximum Gasteiger partial charge on any atom is 0.338 e. The quantitative estimate of drug-likeness (QED) is 0.396. The minimum absolute atomic E-state index is 0.0187. The van der Waals surface area contributed by atoms with Crippen molar-refractivity contribution in [3.63, 3.8) is 0 Å². The van der Waals surface area contributed by atoms with Crippen molar-refractivity contribution in [3.05, 3.63) is 80.6 Å². The summed E-state index contributed by atoms with van der Waals surface area (Å²) in [6.07, 6.45) is 0. The second-order valence-electron chi connectivity index (χ2n) is 5.28. The Labute approximate surface area is 147 Å². The summed E-state index contributed by atoms with van der Waals surface area (Å²) in [5, 5.41) is 11.4. The minimum Gasteiger partial charge on any atom is -0.462 e. The van der Waals surface area contributed by atoms with Gasteiger partial charge in [0.15, 0.2) is 11.4 Å². The number of ether oxygens (including phenoxy) is 1. The van der Waals surface area contributed by atoms with Crippen molar-refractivity contribution in [3.8, 4) is 17.0 Å². The summed E-state index contributed by atoms with van der Waals surface area (Å²) in [6, 6.07) is 13.8. The number of hydrogen-bond acceptors (Lipinski definition) is 6. The molecular formula is C18H14N2O6. The molecule has 0 unspecified atom stereocenters. The molecule has 132 valence electrons. The van der Waals surface area contributed by atoms with Crippen LogP contribution in [0.3, 0.4) is 0 Å². The van der Waals surface area contributed by atoms with E-state index in [1.807, 2.05) is 6.07 Å². The standard InChI is InChI=1S/C18H14N2O6/c1-2-25-18(22)13-8-9-14(15(10-13)20(23)24)19-17(21)11-16(26-19)12-6-4-3-5-7-12/h3-11H,2H2,1H3.